The van der Waals surface area contributed by atoms with Crippen LogP contribution >= 0.6 is 15.9 Å². The Morgan fingerprint density at radius 2 is 2.31 bits per heavy atom. The molecule has 0 bridgehead atoms. The molecular weight excluding hydrogens is 277 g/mol. The second-order valence-electron chi connectivity index (χ2n) is 3.03. The number of halogens is 2. The van der Waals surface area contributed by atoms with E-state index in [4.69, 9.17) is 10.6 Å². The van der Waals surface area contributed by atoms with Gasteiger partial charge in [-0.15, -0.1) is 0 Å². The first-order valence-electron chi connectivity index (χ1n) is 4.64. The van der Waals surface area contributed by atoms with Crippen LogP contribution in [0.3, 0.4) is 0 Å². The van der Waals surface area contributed by atoms with Gasteiger partial charge in [0.25, 0.3) is 0 Å². The maximum absolute atomic E-state index is 13.1. The van der Waals surface area contributed by atoms with Crippen molar-refractivity contribution in [3.63, 3.8) is 0 Å². The predicted molar refractivity (Wildman–Crippen MR) is 64.7 cm³/mol. The van der Waals surface area contributed by atoms with E-state index in [0.29, 0.717) is 29.0 Å². The normalized spacial score (nSPS) is 11.6. The molecular formula is C10H13BrFN3O. The molecule has 0 amide bonds. The third kappa shape index (κ3) is 3.88. The SMILES string of the molecule is COCCN=C(NN)c1cc(F)cc(Br)c1. The smallest absolute Gasteiger partial charge is 0.142 e. The maximum Gasteiger partial charge on any atom is 0.142 e. The first kappa shape index (κ1) is 13.1. The molecule has 88 valence electrons. The molecule has 4 nitrogen and oxygen atoms in total. The summed E-state index contributed by atoms with van der Waals surface area (Å²) < 4.78 is 18.6. The lowest BCUT2D eigenvalue weighted by Crippen LogP contribution is -2.31. The highest BCUT2D eigenvalue weighted by Gasteiger charge is 2.04. The van der Waals surface area contributed by atoms with Crippen LogP contribution in [0.15, 0.2) is 27.7 Å². The number of amidine groups is 1. The summed E-state index contributed by atoms with van der Waals surface area (Å²) in [6.45, 7) is 0.950. The standard InChI is InChI=1S/C10H13BrFN3O/c1-16-3-2-14-10(15-13)7-4-8(11)6-9(12)5-7/h4-6H,2-3,13H2,1H3,(H,14,15). The number of nitrogens with zero attached hydrogens (tertiary/aromatic N) is 1. The van der Waals surface area contributed by atoms with Crippen molar-refractivity contribution in [3.8, 4) is 0 Å². The van der Waals surface area contributed by atoms with Gasteiger partial charge in [0.15, 0.2) is 0 Å². The van der Waals surface area contributed by atoms with Crippen LogP contribution in [0.25, 0.3) is 0 Å². The molecule has 0 heterocycles. The van der Waals surface area contributed by atoms with E-state index >= 15 is 0 Å². The van der Waals surface area contributed by atoms with Crippen LogP contribution in [0.2, 0.25) is 0 Å². The van der Waals surface area contributed by atoms with Gasteiger partial charge in [-0.3, -0.25) is 4.99 Å². The van der Waals surface area contributed by atoms with Gasteiger partial charge >= 0.3 is 0 Å². The molecule has 0 aliphatic rings. The van der Waals surface area contributed by atoms with Gasteiger partial charge in [-0.1, -0.05) is 15.9 Å². The van der Waals surface area contributed by atoms with Crippen LogP contribution < -0.4 is 11.3 Å². The van der Waals surface area contributed by atoms with Crippen LogP contribution in [0, 0.1) is 5.82 Å². The molecule has 1 rings (SSSR count). The Bertz CT molecular complexity index is 364. The van der Waals surface area contributed by atoms with Crippen LogP contribution in [0.4, 0.5) is 4.39 Å². The minimum Gasteiger partial charge on any atom is -0.383 e. The zero-order valence-corrected chi connectivity index (χ0v) is 10.4. The van der Waals surface area contributed by atoms with E-state index in [0.717, 1.165) is 0 Å². The molecule has 3 N–H and O–H groups in total. The molecule has 6 heteroatoms. The van der Waals surface area contributed by atoms with E-state index < -0.39 is 0 Å². The molecule has 0 atom stereocenters. The highest BCUT2D eigenvalue weighted by molar-refractivity contribution is 9.10. The van der Waals surface area contributed by atoms with Crippen molar-refractivity contribution < 1.29 is 9.13 Å². The quantitative estimate of drug-likeness (QED) is 0.290. The molecule has 0 aliphatic heterocycles. The third-order valence-corrected chi connectivity index (χ3v) is 2.30. The summed E-state index contributed by atoms with van der Waals surface area (Å²) in [6, 6.07) is 4.46. The minimum atomic E-state index is -0.348. The molecule has 16 heavy (non-hydrogen) atoms. The lowest BCUT2D eigenvalue weighted by molar-refractivity contribution is 0.208. The Morgan fingerprint density at radius 1 is 1.56 bits per heavy atom. The summed E-state index contributed by atoms with van der Waals surface area (Å²) in [6.07, 6.45) is 0. The van der Waals surface area contributed by atoms with Gasteiger partial charge < -0.3 is 10.2 Å². The fraction of sp³-hybridized carbons (Fsp3) is 0.300. The fourth-order valence-corrected chi connectivity index (χ4v) is 1.62. The van der Waals surface area contributed by atoms with Crippen molar-refractivity contribution in [2.45, 2.75) is 0 Å². The first-order chi connectivity index (χ1) is 7.67. The number of nitrogens with two attached hydrogens (primary N) is 1. The van der Waals surface area contributed by atoms with Crippen LogP contribution in [-0.4, -0.2) is 26.1 Å². The Morgan fingerprint density at radius 3 is 2.88 bits per heavy atom. The molecule has 0 spiro atoms. The number of rotatable bonds is 4. The Kier molecular flexibility index (Phi) is 5.37. The molecule has 0 saturated heterocycles. The van der Waals surface area contributed by atoms with E-state index in [1.165, 1.54) is 12.1 Å². The topological polar surface area (TPSA) is 59.6 Å². The summed E-state index contributed by atoms with van der Waals surface area (Å²) in [5.74, 6) is 5.41. The van der Waals surface area contributed by atoms with Crippen molar-refractivity contribution in [1.29, 1.82) is 0 Å². The number of ether oxygens (including phenoxy) is 1. The number of aliphatic imine (C=N–C) groups is 1. The summed E-state index contributed by atoms with van der Waals surface area (Å²) >= 11 is 3.20. The Hall–Kier alpha value is -0.980. The van der Waals surface area contributed by atoms with Crippen molar-refractivity contribution in [3.05, 3.63) is 34.1 Å². The number of benzene rings is 1. The molecule has 0 radical (unpaired) electrons. The van der Waals surface area contributed by atoms with Crippen molar-refractivity contribution in [1.82, 2.24) is 5.43 Å². The minimum absolute atomic E-state index is 0.348. The van der Waals surface area contributed by atoms with Crippen molar-refractivity contribution in [2.24, 2.45) is 10.8 Å². The molecule has 0 saturated carbocycles. The molecule has 1 aromatic rings. The van der Waals surface area contributed by atoms with Crippen molar-refractivity contribution >= 4 is 21.8 Å². The Labute approximate surface area is 102 Å². The maximum atomic E-state index is 13.1. The number of methoxy groups -OCH3 is 1. The number of hydrazine groups is 1. The number of nitrogens with one attached hydrogen (secondary N) is 1. The van der Waals surface area contributed by atoms with Crippen LogP contribution in [-0.2, 0) is 4.74 Å². The third-order valence-electron chi connectivity index (χ3n) is 1.84. The molecule has 0 unspecified atom stereocenters. The molecule has 1 aromatic carbocycles. The van der Waals surface area contributed by atoms with Gasteiger partial charge in [-0.2, -0.15) is 0 Å². The highest BCUT2D eigenvalue weighted by Crippen LogP contribution is 2.14. The van der Waals surface area contributed by atoms with Gasteiger partial charge in [0.2, 0.25) is 0 Å². The van der Waals surface area contributed by atoms with E-state index in [9.17, 15) is 4.39 Å². The van der Waals surface area contributed by atoms with Crippen LogP contribution in [0.5, 0.6) is 0 Å². The largest absolute Gasteiger partial charge is 0.383 e. The average molecular weight is 290 g/mol. The lowest BCUT2D eigenvalue weighted by Gasteiger charge is -2.06. The second-order valence-corrected chi connectivity index (χ2v) is 3.94. The Balaban J connectivity index is 2.90. The van der Waals surface area contributed by atoms with Gasteiger partial charge in [0, 0.05) is 17.1 Å². The zero-order chi connectivity index (χ0) is 12.0. The van der Waals surface area contributed by atoms with Gasteiger partial charge in [-0.25, -0.2) is 10.2 Å². The monoisotopic (exact) mass is 289 g/mol. The number of hydrogen-bond acceptors (Lipinski definition) is 3. The van der Waals surface area contributed by atoms with Gasteiger partial charge in [-0.05, 0) is 18.2 Å². The second kappa shape index (κ2) is 6.57. The zero-order valence-electron chi connectivity index (χ0n) is 8.84. The molecule has 0 fully saturated rings. The summed E-state index contributed by atoms with van der Waals surface area (Å²) in [4.78, 5) is 4.15. The number of hydrogen-bond donors (Lipinski definition) is 2. The molecule has 0 aliphatic carbocycles. The van der Waals surface area contributed by atoms with Crippen molar-refractivity contribution in [2.75, 3.05) is 20.3 Å². The van der Waals surface area contributed by atoms with E-state index in [1.807, 2.05) is 0 Å². The lowest BCUT2D eigenvalue weighted by atomic mass is 10.2. The highest BCUT2D eigenvalue weighted by atomic mass is 79.9. The van der Waals surface area contributed by atoms with E-state index in [2.05, 4.69) is 26.3 Å². The van der Waals surface area contributed by atoms with E-state index in [-0.39, 0.29) is 5.82 Å². The fourth-order valence-electron chi connectivity index (χ4n) is 1.16. The molecule has 0 aromatic heterocycles. The van der Waals surface area contributed by atoms with Gasteiger partial charge in [0.05, 0.1) is 13.2 Å². The summed E-state index contributed by atoms with van der Waals surface area (Å²) in [5.41, 5.74) is 3.03. The first-order valence-corrected chi connectivity index (χ1v) is 5.43. The predicted octanol–water partition coefficient (Wildman–Crippen LogP) is 1.44. The summed E-state index contributed by atoms with van der Waals surface area (Å²) in [7, 11) is 1.59. The summed E-state index contributed by atoms with van der Waals surface area (Å²) in [5, 5.41) is 0. The average Bonchev–Trinajstić information content (AvgIpc) is 2.23. The van der Waals surface area contributed by atoms with E-state index in [1.54, 1.807) is 13.2 Å². The van der Waals surface area contributed by atoms with Crippen LogP contribution in [0.1, 0.15) is 5.56 Å². The van der Waals surface area contributed by atoms with Gasteiger partial charge in [0.1, 0.15) is 11.7 Å².